The number of hydrogen-bond acceptors (Lipinski definition) is 1. The van der Waals surface area contributed by atoms with E-state index >= 15 is 0 Å². The molecule has 0 N–H and O–H groups in total. The van der Waals surface area contributed by atoms with E-state index in [1.807, 2.05) is 0 Å². The first-order chi connectivity index (χ1) is 34.7. The van der Waals surface area contributed by atoms with Gasteiger partial charge in [-0.25, -0.2) is 0 Å². The lowest BCUT2D eigenvalue weighted by molar-refractivity contribution is 1.18. The van der Waals surface area contributed by atoms with Crippen molar-refractivity contribution in [2.24, 2.45) is 0 Å². The van der Waals surface area contributed by atoms with E-state index in [-0.39, 0.29) is 0 Å². The van der Waals surface area contributed by atoms with Crippen LogP contribution in [0.3, 0.4) is 0 Å². The van der Waals surface area contributed by atoms with Gasteiger partial charge in [-0.3, -0.25) is 0 Å². The summed E-state index contributed by atoms with van der Waals surface area (Å²) < 4.78 is 2.40. The molecule has 0 aliphatic heterocycles. The SMILES string of the molecule is c1ccc(-c2ccccc2-c2ccc3c(c2)c2cc(N(c4ccccc4)c4ccc(-c5ccc6c(-c7ccccc7)c7ccccc7c(-c7ccccc7)c6c5)cc4)ccc2n3-c2ccccc2)cc1. The lowest BCUT2D eigenvalue weighted by atomic mass is 9.85. The number of anilines is 3. The van der Waals surface area contributed by atoms with Crippen LogP contribution in [0.4, 0.5) is 17.1 Å². The Labute approximate surface area is 408 Å². The predicted octanol–water partition coefficient (Wildman–Crippen LogP) is 18.9. The first kappa shape index (κ1) is 41.0. The standard InChI is InChI=1S/C68H46N2/c1-6-20-48(21-7-1)57-30-16-17-31-58(57)52-37-42-65-62(45-52)63-46-56(40-43-66(63)70(65)54-28-14-5-15-29-54)69(53-26-12-4-13-27-53)55-38-34-47(35-39-55)51-36-41-61-64(44-51)68(50-24-10-3-11-25-50)60-33-19-18-32-59(60)67(61)49-22-8-2-9-23-49/h1-46H. The van der Waals surface area contributed by atoms with E-state index in [9.17, 15) is 0 Å². The minimum absolute atomic E-state index is 1.08. The molecule has 13 aromatic rings. The van der Waals surface area contributed by atoms with E-state index in [2.05, 4.69) is 289 Å². The number of benzene rings is 12. The second kappa shape index (κ2) is 17.4. The van der Waals surface area contributed by atoms with Crippen molar-refractivity contribution in [2.75, 3.05) is 4.90 Å². The van der Waals surface area contributed by atoms with Crippen molar-refractivity contribution in [3.05, 3.63) is 279 Å². The average Bonchev–Trinajstić information content (AvgIpc) is 3.76. The van der Waals surface area contributed by atoms with Gasteiger partial charge < -0.3 is 9.47 Å². The molecule has 1 heterocycles. The number of nitrogens with zero attached hydrogens (tertiary/aromatic N) is 2. The summed E-state index contributed by atoms with van der Waals surface area (Å²) in [7, 11) is 0. The largest absolute Gasteiger partial charge is 0.310 e. The number of para-hydroxylation sites is 2. The molecule has 0 saturated carbocycles. The van der Waals surface area contributed by atoms with E-state index < -0.39 is 0 Å². The monoisotopic (exact) mass is 890 g/mol. The molecule has 2 heteroatoms. The highest BCUT2D eigenvalue weighted by atomic mass is 15.1. The van der Waals surface area contributed by atoms with Gasteiger partial charge in [0.05, 0.1) is 11.0 Å². The molecule has 13 rings (SSSR count). The van der Waals surface area contributed by atoms with E-state index in [0.29, 0.717) is 0 Å². The zero-order valence-electron chi connectivity index (χ0n) is 38.5. The zero-order chi connectivity index (χ0) is 46.4. The summed E-state index contributed by atoms with van der Waals surface area (Å²) in [5, 5.41) is 7.40. The van der Waals surface area contributed by atoms with Crippen LogP contribution in [0, 0.1) is 0 Å². The Morgan fingerprint density at radius 1 is 0.229 bits per heavy atom. The zero-order valence-corrected chi connectivity index (χ0v) is 38.5. The van der Waals surface area contributed by atoms with Crippen molar-refractivity contribution >= 4 is 60.4 Å². The summed E-state index contributed by atoms with van der Waals surface area (Å²) >= 11 is 0. The highest BCUT2D eigenvalue weighted by molar-refractivity contribution is 6.22. The third kappa shape index (κ3) is 7.13. The Morgan fingerprint density at radius 3 is 1.27 bits per heavy atom. The minimum atomic E-state index is 1.08. The third-order valence-electron chi connectivity index (χ3n) is 14.0. The van der Waals surface area contributed by atoms with Gasteiger partial charge in [0.25, 0.3) is 0 Å². The van der Waals surface area contributed by atoms with E-state index in [1.165, 1.54) is 87.9 Å². The summed E-state index contributed by atoms with van der Waals surface area (Å²) in [6.45, 7) is 0. The number of aromatic nitrogens is 1. The van der Waals surface area contributed by atoms with Crippen LogP contribution in [0.15, 0.2) is 279 Å². The Bertz CT molecular complexity index is 4010. The van der Waals surface area contributed by atoms with Crippen LogP contribution >= 0.6 is 0 Å². The molecule has 0 fully saturated rings. The molecule has 0 aliphatic rings. The summed E-state index contributed by atoms with van der Waals surface area (Å²) in [6.07, 6.45) is 0. The van der Waals surface area contributed by atoms with Crippen molar-refractivity contribution in [3.63, 3.8) is 0 Å². The molecule has 0 saturated heterocycles. The second-order valence-corrected chi connectivity index (χ2v) is 18.0. The van der Waals surface area contributed by atoms with Gasteiger partial charge in [0, 0.05) is 33.5 Å². The van der Waals surface area contributed by atoms with Gasteiger partial charge in [-0.1, -0.05) is 206 Å². The fourth-order valence-corrected chi connectivity index (χ4v) is 10.8. The van der Waals surface area contributed by atoms with Crippen molar-refractivity contribution in [1.29, 1.82) is 0 Å². The Hall–Kier alpha value is -9.24. The molecule has 0 amide bonds. The Kier molecular flexibility index (Phi) is 10.2. The molecule has 328 valence electrons. The molecular formula is C68H46N2. The summed E-state index contributed by atoms with van der Waals surface area (Å²) in [4.78, 5) is 2.38. The smallest absolute Gasteiger partial charge is 0.0542 e. The predicted molar refractivity (Wildman–Crippen MR) is 298 cm³/mol. The first-order valence-electron chi connectivity index (χ1n) is 24.1. The molecule has 0 spiro atoms. The quantitative estimate of drug-likeness (QED) is 0.131. The molecule has 0 aliphatic carbocycles. The second-order valence-electron chi connectivity index (χ2n) is 18.0. The van der Waals surface area contributed by atoms with E-state index in [4.69, 9.17) is 0 Å². The topological polar surface area (TPSA) is 8.17 Å². The van der Waals surface area contributed by atoms with Crippen molar-refractivity contribution in [2.45, 2.75) is 0 Å². The molecular weight excluding hydrogens is 845 g/mol. The van der Waals surface area contributed by atoms with E-state index in [1.54, 1.807) is 0 Å². The summed E-state index contributed by atoms with van der Waals surface area (Å²) in [5.74, 6) is 0. The van der Waals surface area contributed by atoms with Gasteiger partial charge in [0.2, 0.25) is 0 Å². The fraction of sp³-hybridized carbons (Fsp3) is 0. The van der Waals surface area contributed by atoms with Gasteiger partial charge in [-0.05, 0) is 150 Å². The van der Waals surface area contributed by atoms with Gasteiger partial charge in [0.15, 0.2) is 0 Å². The van der Waals surface area contributed by atoms with Crippen LogP contribution in [0.5, 0.6) is 0 Å². The highest BCUT2D eigenvalue weighted by Gasteiger charge is 2.21. The molecule has 0 unspecified atom stereocenters. The minimum Gasteiger partial charge on any atom is -0.310 e. The molecule has 12 aromatic carbocycles. The fourth-order valence-electron chi connectivity index (χ4n) is 10.8. The lowest BCUT2D eigenvalue weighted by Crippen LogP contribution is -2.09. The summed E-state index contributed by atoms with van der Waals surface area (Å²) in [6, 6.07) is 102. The lowest BCUT2D eigenvalue weighted by Gasteiger charge is -2.26. The maximum Gasteiger partial charge on any atom is 0.0542 e. The average molecular weight is 891 g/mol. The Morgan fingerprint density at radius 2 is 0.643 bits per heavy atom. The van der Waals surface area contributed by atoms with Gasteiger partial charge in [-0.2, -0.15) is 0 Å². The van der Waals surface area contributed by atoms with Gasteiger partial charge in [-0.15, -0.1) is 0 Å². The first-order valence-corrected chi connectivity index (χ1v) is 24.1. The maximum atomic E-state index is 2.41. The normalized spacial score (nSPS) is 11.4. The molecule has 0 radical (unpaired) electrons. The van der Waals surface area contributed by atoms with Crippen LogP contribution in [0.2, 0.25) is 0 Å². The third-order valence-corrected chi connectivity index (χ3v) is 14.0. The molecule has 70 heavy (non-hydrogen) atoms. The number of hydrogen-bond donors (Lipinski definition) is 0. The molecule has 0 atom stereocenters. The van der Waals surface area contributed by atoms with Crippen LogP contribution in [-0.2, 0) is 0 Å². The van der Waals surface area contributed by atoms with Gasteiger partial charge >= 0.3 is 0 Å². The maximum absolute atomic E-state index is 2.41. The van der Waals surface area contributed by atoms with Crippen LogP contribution in [-0.4, -0.2) is 4.57 Å². The highest BCUT2D eigenvalue weighted by Crippen LogP contribution is 2.46. The number of fused-ring (bicyclic) bond motifs is 5. The van der Waals surface area contributed by atoms with Crippen LogP contribution < -0.4 is 4.90 Å². The van der Waals surface area contributed by atoms with Crippen LogP contribution in [0.1, 0.15) is 0 Å². The van der Waals surface area contributed by atoms with Gasteiger partial charge in [0.1, 0.15) is 0 Å². The summed E-state index contributed by atoms with van der Waals surface area (Å²) in [5.41, 5.74) is 18.9. The number of rotatable bonds is 9. The van der Waals surface area contributed by atoms with Crippen LogP contribution in [0.25, 0.3) is 105 Å². The molecule has 2 nitrogen and oxygen atoms in total. The molecule has 1 aromatic heterocycles. The van der Waals surface area contributed by atoms with Crippen molar-refractivity contribution < 1.29 is 0 Å². The molecule has 0 bridgehead atoms. The van der Waals surface area contributed by atoms with E-state index in [0.717, 1.165) is 33.8 Å². The van der Waals surface area contributed by atoms with Crippen molar-refractivity contribution in [1.82, 2.24) is 4.57 Å². The Balaban J connectivity index is 0.959. The van der Waals surface area contributed by atoms with Crippen molar-refractivity contribution in [3.8, 4) is 61.3 Å².